The van der Waals surface area contributed by atoms with Crippen LogP contribution in [0.2, 0.25) is 0 Å². The Labute approximate surface area is 90.7 Å². The maximum Gasteiger partial charge on any atom is 0.217 e. The van der Waals surface area contributed by atoms with Gasteiger partial charge < -0.3 is 4.74 Å². The Kier molecular flexibility index (Phi) is 4.08. The average Bonchev–Trinajstić information content (AvgIpc) is 2.67. The first-order valence-corrected chi connectivity index (χ1v) is 6.55. The lowest BCUT2D eigenvalue weighted by molar-refractivity contribution is 0.126. The summed E-state index contributed by atoms with van der Waals surface area (Å²) in [6.45, 7) is 2.20. The van der Waals surface area contributed by atoms with Gasteiger partial charge in [-0.2, -0.15) is 9.57 Å². The highest BCUT2D eigenvalue weighted by Gasteiger charge is 2.28. The van der Waals surface area contributed by atoms with E-state index in [0.717, 1.165) is 17.1 Å². The SMILES string of the molecule is CC(C#N)N(C)S(=O)(=O)CC1CCCO1. The molecule has 0 N–H and O–H groups in total. The second-order valence-corrected chi connectivity index (χ2v) is 5.81. The second kappa shape index (κ2) is 4.92. The smallest absolute Gasteiger partial charge is 0.217 e. The van der Waals surface area contributed by atoms with E-state index in [1.807, 2.05) is 6.07 Å². The molecule has 0 saturated carbocycles. The molecule has 2 atom stereocenters. The molecule has 1 rings (SSSR count). The van der Waals surface area contributed by atoms with Gasteiger partial charge in [0.15, 0.2) is 0 Å². The standard InChI is InChI=1S/C9H16N2O3S/c1-8(6-10)11(2)15(12,13)7-9-4-3-5-14-9/h8-9H,3-5,7H2,1-2H3. The minimum Gasteiger partial charge on any atom is -0.377 e. The Morgan fingerprint density at radius 3 is 2.80 bits per heavy atom. The molecule has 6 heteroatoms. The molecule has 1 fully saturated rings. The highest BCUT2D eigenvalue weighted by Crippen LogP contribution is 2.16. The Bertz CT molecular complexity index is 341. The summed E-state index contributed by atoms with van der Waals surface area (Å²) in [6.07, 6.45) is 1.49. The van der Waals surface area contributed by atoms with Crippen LogP contribution in [0.5, 0.6) is 0 Å². The van der Waals surface area contributed by atoms with E-state index in [1.165, 1.54) is 7.05 Å². The van der Waals surface area contributed by atoms with Crippen LogP contribution in [0, 0.1) is 11.3 Å². The van der Waals surface area contributed by atoms with Crippen molar-refractivity contribution in [2.75, 3.05) is 19.4 Å². The minimum atomic E-state index is -3.37. The van der Waals surface area contributed by atoms with Gasteiger partial charge in [0.25, 0.3) is 0 Å². The summed E-state index contributed by atoms with van der Waals surface area (Å²) >= 11 is 0. The van der Waals surface area contributed by atoms with Gasteiger partial charge in [0.1, 0.15) is 6.04 Å². The first-order chi connectivity index (χ1) is 6.97. The van der Waals surface area contributed by atoms with Gasteiger partial charge in [-0.05, 0) is 19.8 Å². The molecule has 1 aliphatic heterocycles. The molecule has 5 nitrogen and oxygen atoms in total. The molecule has 1 heterocycles. The van der Waals surface area contributed by atoms with E-state index < -0.39 is 16.1 Å². The third-order valence-corrected chi connectivity index (χ3v) is 4.58. The van der Waals surface area contributed by atoms with Crippen LogP contribution in [-0.4, -0.2) is 44.3 Å². The zero-order valence-electron chi connectivity index (χ0n) is 9.01. The van der Waals surface area contributed by atoms with Crippen LogP contribution in [-0.2, 0) is 14.8 Å². The van der Waals surface area contributed by atoms with E-state index in [2.05, 4.69) is 0 Å². The molecular formula is C9H16N2O3S. The maximum atomic E-state index is 11.8. The Balaban J connectivity index is 2.62. The number of ether oxygens (including phenoxy) is 1. The van der Waals surface area contributed by atoms with Crippen molar-refractivity contribution in [1.29, 1.82) is 5.26 Å². The van der Waals surface area contributed by atoms with E-state index in [4.69, 9.17) is 10.00 Å². The topological polar surface area (TPSA) is 70.4 Å². The van der Waals surface area contributed by atoms with Crippen molar-refractivity contribution < 1.29 is 13.2 Å². The van der Waals surface area contributed by atoms with E-state index in [0.29, 0.717) is 6.61 Å². The predicted octanol–water partition coefficient (Wildman–Crippen LogP) is 0.339. The Hall–Kier alpha value is -0.640. The van der Waals surface area contributed by atoms with Crippen LogP contribution < -0.4 is 0 Å². The van der Waals surface area contributed by atoms with Gasteiger partial charge in [-0.25, -0.2) is 8.42 Å². The van der Waals surface area contributed by atoms with E-state index in [1.54, 1.807) is 6.92 Å². The molecule has 0 aromatic rings. The molecule has 2 unspecified atom stereocenters. The lowest BCUT2D eigenvalue weighted by Crippen LogP contribution is -2.38. The van der Waals surface area contributed by atoms with E-state index in [9.17, 15) is 8.42 Å². The molecule has 0 amide bonds. The summed E-state index contributed by atoms with van der Waals surface area (Å²) in [5, 5.41) is 8.64. The Morgan fingerprint density at radius 1 is 1.67 bits per heavy atom. The summed E-state index contributed by atoms with van der Waals surface area (Å²) in [5.74, 6) is -0.0183. The summed E-state index contributed by atoms with van der Waals surface area (Å²) in [7, 11) is -1.94. The maximum absolute atomic E-state index is 11.8. The number of sulfonamides is 1. The average molecular weight is 232 g/mol. The summed E-state index contributed by atoms with van der Waals surface area (Å²) < 4.78 is 29.9. The fourth-order valence-corrected chi connectivity index (χ4v) is 2.95. The van der Waals surface area contributed by atoms with Crippen molar-refractivity contribution in [3.05, 3.63) is 0 Å². The fraction of sp³-hybridized carbons (Fsp3) is 0.889. The van der Waals surface area contributed by atoms with Crippen LogP contribution in [0.15, 0.2) is 0 Å². The summed E-state index contributed by atoms with van der Waals surface area (Å²) in [6, 6.07) is 1.27. The molecule has 1 aliphatic rings. The largest absolute Gasteiger partial charge is 0.377 e. The lowest BCUT2D eigenvalue weighted by atomic mass is 10.3. The zero-order valence-corrected chi connectivity index (χ0v) is 9.83. The van der Waals surface area contributed by atoms with Crippen molar-refractivity contribution in [2.24, 2.45) is 0 Å². The third-order valence-electron chi connectivity index (χ3n) is 2.59. The highest BCUT2D eigenvalue weighted by molar-refractivity contribution is 7.89. The molecule has 0 bridgehead atoms. The van der Waals surface area contributed by atoms with Gasteiger partial charge in [0, 0.05) is 13.7 Å². The molecule has 0 radical (unpaired) electrons. The van der Waals surface area contributed by atoms with Gasteiger partial charge >= 0.3 is 0 Å². The van der Waals surface area contributed by atoms with Crippen LogP contribution in [0.3, 0.4) is 0 Å². The molecule has 0 spiro atoms. The number of hydrogen-bond donors (Lipinski definition) is 0. The predicted molar refractivity (Wildman–Crippen MR) is 55.6 cm³/mol. The van der Waals surface area contributed by atoms with Gasteiger partial charge in [-0.15, -0.1) is 0 Å². The number of nitriles is 1. The molecule has 0 aromatic carbocycles. The first-order valence-electron chi connectivity index (χ1n) is 4.94. The third kappa shape index (κ3) is 3.16. The Morgan fingerprint density at radius 2 is 2.33 bits per heavy atom. The highest BCUT2D eigenvalue weighted by atomic mass is 32.2. The van der Waals surface area contributed by atoms with Crippen molar-refractivity contribution in [1.82, 2.24) is 4.31 Å². The number of nitrogens with zero attached hydrogens (tertiary/aromatic N) is 2. The zero-order chi connectivity index (χ0) is 11.5. The second-order valence-electron chi connectivity index (χ2n) is 3.73. The van der Waals surface area contributed by atoms with Crippen LogP contribution >= 0.6 is 0 Å². The van der Waals surface area contributed by atoms with Gasteiger partial charge in [-0.1, -0.05) is 0 Å². The summed E-state index contributed by atoms with van der Waals surface area (Å²) in [5.41, 5.74) is 0. The van der Waals surface area contributed by atoms with Crippen molar-refractivity contribution in [3.8, 4) is 6.07 Å². The molecule has 0 aliphatic carbocycles. The van der Waals surface area contributed by atoms with Gasteiger partial charge in [0.2, 0.25) is 10.0 Å². The quantitative estimate of drug-likeness (QED) is 0.700. The van der Waals surface area contributed by atoms with E-state index in [-0.39, 0.29) is 11.9 Å². The van der Waals surface area contributed by atoms with Crippen LogP contribution in [0.25, 0.3) is 0 Å². The van der Waals surface area contributed by atoms with Gasteiger partial charge in [0.05, 0.1) is 17.9 Å². The van der Waals surface area contributed by atoms with E-state index >= 15 is 0 Å². The fourth-order valence-electron chi connectivity index (χ4n) is 1.45. The molecular weight excluding hydrogens is 216 g/mol. The lowest BCUT2D eigenvalue weighted by Gasteiger charge is -2.20. The molecule has 1 saturated heterocycles. The minimum absolute atomic E-state index is 0.0183. The first kappa shape index (κ1) is 12.4. The van der Waals surface area contributed by atoms with Gasteiger partial charge in [-0.3, -0.25) is 0 Å². The molecule has 86 valence electrons. The number of hydrogen-bond acceptors (Lipinski definition) is 4. The number of rotatable bonds is 4. The van der Waals surface area contributed by atoms with Crippen LogP contribution in [0.1, 0.15) is 19.8 Å². The molecule has 0 aromatic heterocycles. The summed E-state index contributed by atoms with van der Waals surface area (Å²) in [4.78, 5) is 0. The van der Waals surface area contributed by atoms with Crippen molar-refractivity contribution in [3.63, 3.8) is 0 Å². The monoisotopic (exact) mass is 232 g/mol. The van der Waals surface area contributed by atoms with Crippen molar-refractivity contribution in [2.45, 2.75) is 31.9 Å². The van der Waals surface area contributed by atoms with Crippen LogP contribution in [0.4, 0.5) is 0 Å². The van der Waals surface area contributed by atoms with Crippen molar-refractivity contribution >= 4 is 10.0 Å². The molecule has 15 heavy (non-hydrogen) atoms. The normalized spacial score (nSPS) is 24.0.